The van der Waals surface area contributed by atoms with Gasteiger partial charge >= 0.3 is 0 Å². The highest BCUT2D eigenvalue weighted by Crippen LogP contribution is 2.18. The molecule has 1 heterocycles. The summed E-state index contributed by atoms with van der Waals surface area (Å²) in [6.07, 6.45) is 0. The molecule has 6 nitrogen and oxygen atoms in total. The molecule has 2 N–H and O–H groups in total. The van der Waals surface area contributed by atoms with E-state index in [1.54, 1.807) is 12.1 Å². The van der Waals surface area contributed by atoms with E-state index in [4.69, 9.17) is 0 Å². The first-order valence-electron chi connectivity index (χ1n) is 4.91. The van der Waals surface area contributed by atoms with Crippen LogP contribution in [0.25, 0.3) is 0 Å². The normalized spacial score (nSPS) is 20.2. The number of non-ortho nitro benzene ring substituents is 1. The van der Waals surface area contributed by atoms with Crippen LogP contribution in [-0.4, -0.2) is 23.9 Å². The first kappa shape index (κ1) is 10.6. The summed E-state index contributed by atoms with van der Waals surface area (Å²) in [6, 6.07) is 6.10. The Labute approximate surface area is 91.8 Å². The summed E-state index contributed by atoms with van der Waals surface area (Å²) < 4.78 is 0. The van der Waals surface area contributed by atoms with Crippen LogP contribution in [0.4, 0.5) is 5.69 Å². The lowest BCUT2D eigenvalue weighted by Crippen LogP contribution is -2.46. The van der Waals surface area contributed by atoms with E-state index in [1.165, 1.54) is 12.1 Å². The molecule has 0 saturated carbocycles. The molecule has 84 valence electrons. The van der Waals surface area contributed by atoms with E-state index in [1.807, 2.05) is 0 Å². The topological polar surface area (TPSA) is 84.3 Å². The predicted molar refractivity (Wildman–Crippen MR) is 56.8 cm³/mol. The number of piperazine rings is 1. The number of hydrogen-bond acceptors (Lipinski definition) is 4. The lowest BCUT2D eigenvalue weighted by Gasteiger charge is -2.24. The van der Waals surface area contributed by atoms with Crippen LogP contribution >= 0.6 is 0 Å². The fraction of sp³-hybridized carbons (Fsp3) is 0.300. The van der Waals surface area contributed by atoms with Crippen molar-refractivity contribution in [2.24, 2.45) is 0 Å². The Balaban J connectivity index is 2.14. The highest BCUT2D eigenvalue weighted by Gasteiger charge is 2.19. The molecule has 1 aromatic rings. The Morgan fingerprint density at radius 2 is 2.00 bits per heavy atom. The quantitative estimate of drug-likeness (QED) is 0.557. The zero-order chi connectivity index (χ0) is 11.5. The third-order valence-corrected chi connectivity index (χ3v) is 2.48. The van der Waals surface area contributed by atoms with Gasteiger partial charge in [0.15, 0.2) is 0 Å². The average Bonchev–Trinajstić information content (AvgIpc) is 2.29. The molecule has 1 unspecified atom stereocenters. The van der Waals surface area contributed by atoms with Crippen molar-refractivity contribution in [1.82, 2.24) is 10.6 Å². The van der Waals surface area contributed by atoms with E-state index >= 15 is 0 Å². The van der Waals surface area contributed by atoms with Gasteiger partial charge in [-0.3, -0.25) is 14.9 Å². The van der Waals surface area contributed by atoms with Crippen molar-refractivity contribution < 1.29 is 9.72 Å². The maximum absolute atomic E-state index is 11.1. The minimum absolute atomic E-state index is 0.0545. The number of benzene rings is 1. The Bertz CT molecular complexity index is 416. The van der Waals surface area contributed by atoms with Crippen molar-refractivity contribution in [2.45, 2.75) is 6.04 Å². The molecule has 1 aromatic carbocycles. The van der Waals surface area contributed by atoms with E-state index in [0.29, 0.717) is 13.1 Å². The van der Waals surface area contributed by atoms with Crippen molar-refractivity contribution >= 4 is 11.6 Å². The molecule has 16 heavy (non-hydrogen) atoms. The van der Waals surface area contributed by atoms with Crippen molar-refractivity contribution in [2.75, 3.05) is 13.1 Å². The summed E-state index contributed by atoms with van der Waals surface area (Å²) in [4.78, 5) is 21.2. The van der Waals surface area contributed by atoms with Gasteiger partial charge in [0.2, 0.25) is 5.91 Å². The lowest BCUT2D eigenvalue weighted by atomic mass is 10.1. The second-order valence-electron chi connectivity index (χ2n) is 3.60. The monoisotopic (exact) mass is 221 g/mol. The maximum Gasteiger partial charge on any atom is 0.269 e. The van der Waals surface area contributed by atoms with E-state index in [-0.39, 0.29) is 17.6 Å². The van der Waals surface area contributed by atoms with Crippen molar-refractivity contribution in [1.29, 1.82) is 0 Å². The van der Waals surface area contributed by atoms with Crippen LogP contribution in [-0.2, 0) is 4.79 Å². The molecule has 6 heteroatoms. The number of carbonyl (C=O) groups excluding carboxylic acids is 1. The van der Waals surface area contributed by atoms with Crippen LogP contribution in [0.5, 0.6) is 0 Å². The SMILES string of the molecule is O=C1CNCC(c2ccc([N+](=O)[O-])cc2)N1. The zero-order valence-electron chi connectivity index (χ0n) is 8.47. The summed E-state index contributed by atoms with van der Waals surface area (Å²) >= 11 is 0. The molecule has 1 saturated heterocycles. The molecule has 1 aliphatic rings. The van der Waals surface area contributed by atoms with Crippen LogP contribution < -0.4 is 10.6 Å². The number of carbonyl (C=O) groups is 1. The first-order chi connectivity index (χ1) is 7.66. The van der Waals surface area contributed by atoms with E-state index in [2.05, 4.69) is 10.6 Å². The number of nitrogens with one attached hydrogen (secondary N) is 2. The van der Waals surface area contributed by atoms with Gasteiger partial charge in [0.1, 0.15) is 0 Å². The highest BCUT2D eigenvalue weighted by atomic mass is 16.6. The van der Waals surface area contributed by atoms with Gasteiger partial charge in [-0.15, -0.1) is 0 Å². The Morgan fingerprint density at radius 3 is 2.56 bits per heavy atom. The minimum Gasteiger partial charge on any atom is -0.347 e. The number of amides is 1. The summed E-state index contributed by atoms with van der Waals surface area (Å²) in [5.74, 6) is -0.0606. The zero-order valence-corrected chi connectivity index (χ0v) is 8.47. The predicted octanol–water partition coefficient (Wildman–Crippen LogP) is 0.355. The molecule has 1 aliphatic heterocycles. The van der Waals surface area contributed by atoms with Crippen LogP contribution in [0, 0.1) is 10.1 Å². The molecule has 0 spiro atoms. The minimum atomic E-state index is -0.443. The molecule has 0 bridgehead atoms. The second-order valence-corrected chi connectivity index (χ2v) is 3.60. The largest absolute Gasteiger partial charge is 0.347 e. The van der Waals surface area contributed by atoms with Gasteiger partial charge in [-0.25, -0.2) is 0 Å². The second kappa shape index (κ2) is 4.28. The van der Waals surface area contributed by atoms with Crippen LogP contribution in [0.15, 0.2) is 24.3 Å². The van der Waals surface area contributed by atoms with Crippen LogP contribution in [0.3, 0.4) is 0 Å². The maximum atomic E-state index is 11.1. The number of hydrogen-bond donors (Lipinski definition) is 2. The number of nitrogens with zero attached hydrogens (tertiary/aromatic N) is 1. The van der Waals surface area contributed by atoms with Crippen molar-refractivity contribution in [3.8, 4) is 0 Å². The van der Waals surface area contributed by atoms with E-state index in [9.17, 15) is 14.9 Å². The number of rotatable bonds is 2. The third-order valence-electron chi connectivity index (χ3n) is 2.48. The molecule has 1 fully saturated rings. The van der Waals surface area contributed by atoms with Gasteiger partial charge in [-0.05, 0) is 5.56 Å². The summed E-state index contributed by atoms with van der Waals surface area (Å²) in [7, 11) is 0. The Morgan fingerprint density at radius 1 is 1.31 bits per heavy atom. The Hall–Kier alpha value is -1.95. The van der Waals surface area contributed by atoms with Crippen LogP contribution in [0.1, 0.15) is 11.6 Å². The fourth-order valence-electron chi connectivity index (χ4n) is 1.66. The number of nitro groups is 1. The van der Waals surface area contributed by atoms with Gasteiger partial charge in [0.05, 0.1) is 17.5 Å². The Kier molecular flexibility index (Phi) is 2.82. The van der Waals surface area contributed by atoms with Gasteiger partial charge in [0, 0.05) is 18.7 Å². The van der Waals surface area contributed by atoms with Gasteiger partial charge < -0.3 is 10.6 Å². The standard InChI is InChI=1S/C10H11N3O3/c14-10-6-11-5-9(12-10)7-1-3-8(4-2-7)13(15)16/h1-4,9,11H,5-6H2,(H,12,14). The van der Waals surface area contributed by atoms with E-state index < -0.39 is 4.92 Å². The van der Waals surface area contributed by atoms with Crippen molar-refractivity contribution in [3.05, 3.63) is 39.9 Å². The molecule has 0 radical (unpaired) electrons. The molecule has 2 rings (SSSR count). The molecule has 1 amide bonds. The van der Waals surface area contributed by atoms with Gasteiger partial charge in [0.25, 0.3) is 5.69 Å². The van der Waals surface area contributed by atoms with Crippen molar-refractivity contribution in [3.63, 3.8) is 0 Å². The molecule has 1 atom stereocenters. The van der Waals surface area contributed by atoms with Crippen LogP contribution in [0.2, 0.25) is 0 Å². The van der Waals surface area contributed by atoms with Gasteiger partial charge in [-0.1, -0.05) is 12.1 Å². The molecular formula is C10H11N3O3. The summed E-state index contributed by atoms with van der Waals surface area (Å²) in [5.41, 5.74) is 0.921. The first-order valence-corrected chi connectivity index (χ1v) is 4.91. The third kappa shape index (κ3) is 2.17. The lowest BCUT2D eigenvalue weighted by molar-refractivity contribution is -0.384. The summed E-state index contributed by atoms with van der Waals surface area (Å²) in [5, 5.41) is 16.2. The van der Waals surface area contributed by atoms with Gasteiger partial charge in [-0.2, -0.15) is 0 Å². The van der Waals surface area contributed by atoms with E-state index in [0.717, 1.165) is 5.56 Å². The molecule has 0 aliphatic carbocycles. The number of nitro benzene ring substituents is 1. The smallest absolute Gasteiger partial charge is 0.269 e. The average molecular weight is 221 g/mol. The summed E-state index contributed by atoms with van der Waals surface area (Å²) in [6.45, 7) is 0.965. The molecule has 0 aromatic heterocycles. The molecular weight excluding hydrogens is 210 g/mol. The highest BCUT2D eigenvalue weighted by molar-refractivity contribution is 5.79. The fourth-order valence-corrected chi connectivity index (χ4v) is 1.66.